The summed E-state index contributed by atoms with van der Waals surface area (Å²) in [6.45, 7) is 0.639. The van der Waals surface area contributed by atoms with Gasteiger partial charge in [-0.15, -0.1) is 0 Å². The van der Waals surface area contributed by atoms with E-state index in [1.165, 1.54) is 0 Å². The van der Waals surface area contributed by atoms with Crippen LogP contribution in [0, 0.1) is 0 Å². The fraction of sp³-hybridized carbons (Fsp3) is 0.263. The number of para-hydroxylation sites is 1. The molecule has 0 radical (unpaired) electrons. The Labute approximate surface area is 139 Å². The van der Waals surface area contributed by atoms with Crippen LogP contribution in [0.1, 0.15) is 35.0 Å². The largest absolute Gasteiger partial charge is 0.467 e. The van der Waals surface area contributed by atoms with Crippen molar-refractivity contribution in [1.82, 2.24) is 9.47 Å². The molecule has 1 saturated heterocycles. The van der Waals surface area contributed by atoms with Crippen molar-refractivity contribution in [2.24, 2.45) is 7.05 Å². The number of amides is 1. The van der Waals surface area contributed by atoms with E-state index in [9.17, 15) is 9.59 Å². The molecule has 2 aromatic heterocycles. The normalized spacial score (nSPS) is 17.5. The molecule has 1 aliphatic rings. The summed E-state index contributed by atoms with van der Waals surface area (Å²) in [5.41, 5.74) is 0.779. The summed E-state index contributed by atoms with van der Waals surface area (Å²) in [6.07, 6.45) is 3.38. The Morgan fingerprint density at radius 1 is 1.21 bits per heavy atom. The van der Waals surface area contributed by atoms with E-state index in [1.807, 2.05) is 36.4 Å². The molecular formula is C19H18N2O3. The number of hydrogen-bond donors (Lipinski definition) is 0. The molecular weight excluding hydrogens is 304 g/mol. The van der Waals surface area contributed by atoms with E-state index < -0.39 is 0 Å². The number of fused-ring (bicyclic) bond motifs is 1. The summed E-state index contributed by atoms with van der Waals surface area (Å²) >= 11 is 0. The van der Waals surface area contributed by atoms with Crippen molar-refractivity contribution in [3.05, 3.63) is 70.4 Å². The van der Waals surface area contributed by atoms with E-state index in [-0.39, 0.29) is 23.1 Å². The van der Waals surface area contributed by atoms with Crippen molar-refractivity contribution in [3.63, 3.8) is 0 Å². The van der Waals surface area contributed by atoms with Gasteiger partial charge in [0, 0.05) is 13.6 Å². The molecule has 1 aromatic carbocycles. The number of rotatable bonds is 2. The minimum absolute atomic E-state index is 0.0938. The molecule has 1 fully saturated rings. The highest BCUT2D eigenvalue weighted by Gasteiger charge is 2.33. The molecule has 0 bridgehead atoms. The van der Waals surface area contributed by atoms with E-state index in [4.69, 9.17) is 4.42 Å². The molecule has 0 saturated carbocycles. The number of aromatic nitrogens is 1. The highest BCUT2D eigenvalue weighted by Crippen LogP contribution is 2.33. The van der Waals surface area contributed by atoms with Crippen LogP contribution in [-0.4, -0.2) is 21.9 Å². The van der Waals surface area contributed by atoms with Crippen LogP contribution in [0.25, 0.3) is 10.9 Å². The molecule has 3 heterocycles. The topological polar surface area (TPSA) is 55.5 Å². The second-order valence-corrected chi connectivity index (χ2v) is 6.15. The van der Waals surface area contributed by atoms with E-state index in [0.29, 0.717) is 6.54 Å². The summed E-state index contributed by atoms with van der Waals surface area (Å²) in [7, 11) is 1.70. The molecule has 0 spiro atoms. The number of aryl methyl sites for hydroxylation is 1. The number of pyridine rings is 1. The molecule has 0 N–H and O–H groups in total. The van der Waals surface area contributed by atoms with Crippen molar-refractivity contribution in [1.29, 1.82) is 0 Å². The highest BCUT2D eigenvalue weighted by atomic mass is 16.3. The Morgan fingerprint density at radius 2 is 2.04 bits per heavy atom. The zero-order valence-corrected chi connectivity index (χ0v) is 13.4. The van der Waals surface area contributed by atoms with Gasteiger partial charge in [0.2, 0.25) is 0 Å². The first kappa shape index (κ1) is 14.8. The summed E-state index contributed by atoms with van der Waals surface area (Å²) in [5.74, 6) is 0.554. The van der Waals surface area contributed by atoms with Crippen LogP contribution in [-0.2, 0) is 7.05 Å². The molecule has 24 heavy (non-hydrogen) atoms. The van der Waals surface area contributed by atoms with Crippen LogP contribution in [0.5, 0.6) is 0 Å². The van der Waals surface area contributed by atoms with Crippen molar-refractivity contribution in [2.45, 2.75) is 18.9 Å². The van der Waals surface area contributed by atoms with Crippen LogP contribution >= 0.6 is 0 Å². The van der Waals surface area contributed by atoms with Gasteiger partial charge < -0.3 is 13.9 Å². The molecule has 5 nitrogen and oxygen atoms in total. The Bertz CT molecular complexity index is 956. The van der Waals surface area contributed by atoms with Gasteiger partial charge in [-0.05, 0) is 42.5 Å². The lowest BCUT2D eigenvalue weighted by Gasteiger charge is -2.23. The monoisotopic (exact) mass is 322 g/mol. The second kappa shape index (κ2) is 5.67. The molecule has 122 valence electrons. The lowest BCUT2D eigenvalue weighted by atomic mass is 10.1. The third-order valence-electron chi connectivity index (χ3n) is 4.75. The molecule has 5 heteroatoms. The second-order valence-electron chi connectivity index (χ2n) is 6.15. The van der Waals surface area contributed by atoms with Gasteiger partial charge in [-0.3, -0.25) is 9.59 Å². The van der Waals surface area contributed by atoms with Gasteiger partial charge in [-0.25, -0.2) is 0 Å². The van der Waals surface area contributed by atoms with Crippen molar-refractivity contribution in [3.8, 4) is 0 Å². The fourth-order valence-electron chi connectivity index (χ4n) is 3.52. The van der Waals surface area contributed by atoms with Crippen LogP contribution in [0.3, 0.4) is 0 Å². The van der Waals surface area contributed by atoms with Gasteiger partial charge in [0.15, 0.2) is 0 Å². The molecule has 0 aliphatic carbocycles. The van der Waals surface area contributed by atoms with Gasteiger partial charge in [-0.1, -0.05) is 18.2 Å². The lowest BCUT2D eigenvalue weighted by molar-refractivity contribution is 0.0718. The molecule has 4 rings (SSSR count). The summed E-state index contributed by atoms with van der Waals surface area (Å²) in [4.78, 5) is 27.5. The fourth-order valence-corrected chi connectivity index (χ4v) is 3.52. The third kappa shape index (κ3) is 2.24. The van der Waals surface area contributed by atoms with Crippen molar-refractivity contribution >= 4 is 16.8 Å². The smallest absolute Gasteiger partial charge is 0.263 e. The maximum absolute atomic E-state index is 13.0. The number of nitrogens with zero attached hydrogens (tertiary/aromatic N) is 2. The molecule has 1 atom stereocenters. The average Bonchev–Trinajstić information content (AvgIpc) is 3.28. The van der Waals surface area contributed by atoms with Gasteiger partial charge in [0.05, 0.1) is 17.8 Å². The Balaban J connectivity index is 1.78. The lowest BCUT2D eigenvalue weighted by Crippen LogP contribution is -2.36. The standard InChI is InChI=1S/C19H18N2O3/c1-20-15-7-3-2-6-13(15)12-14(18(20)22)19(23)21-10-4-8-16(21)17-9-5-11-24-17/h2-3,5-7,9,11-12,16H,4,8,10H2,1H3. The van der Waals surface area contributed by atoms with Gasteiger partial charge in [0.25, 0.3) is 11.5 Å². The highest BCUT2D eigenvalue weighted by molar-refractivity contribution is 5.97. The number of carbonyl (C=O) groups excluding carboxylic acids is 1. The Morgan fingerprint density at radius 3 is 2.83 bits per heavy atom. The van der Waals surface area contributed by atoms with E-state index in [2.05, 4.69) is 0 Å². The predicted octanol–water partition coefficient (Wildman–Crippen LogP) is 3.11. The van der Waals surface area contributed by atoms with Gasteiger partial charge in [0.1, 0.15) is 11.3 Å². The van der Waals surface area contributed by atoms with Gasteiger partial charge >= 0.3 is 0 Å². The number of carbonyl (C=O) groups is 1. The predicted molar refractivity (Wildman–Crippen MR) is 90.9 cm³/mol. The number of furan rings is 1. The minimum Gasteiger partial charge on any atom is -0.467 e. The Hall–Kier alpha value is -2.82. The third-order valence-corrected chi connectivity index (χ3v) is 4.75. The van der Waals surface area contributed by atoms with Crippen LogP contribution in [0.2, 0.25) is 0 Å². The van der Waals surface area contributed by atoms with Gasteiger partial charge in [-0.2, -0.15) is 0 Å². The number of hydrogen-bond acceptors (Lipinski definition) is 3. The SMILES string of the molecule is Cn1c(=O)c(C(=O)N2CCCC2c2ccco2)cc2ccccc21. The first-order chi connectivity index (χ1) is 11.7. The quantitative estimate of drug-likeness (QED) is 0.728. The molecule has 1 amide bonds. The van der Waals surface area contributed by atoms with E-state index in [1.54, 1.807) is 28.8 Å². The summed E-state index contributed by atoms with van der Waals surface area (Å²) < 4.78 is 7.02. The minimum atomic E-state index is -0.260. The first-order valence-corrected chi connectivity index (χ1v) is 8.10. The average molecular weight is 322 g/mol. The van der Waals surface area contributed by atoms with Crippen molar-refractivity contribution < 1.29 is 9.21 Å². The number of benzene rings is 1. The van der Waals surface area contributed by atoms with Crippen LogP contribution < -0.4 is 5.56 Å². The molecule has 1 unspecified atom stereocenters. The summed E-state index contributed by atoms with van der Waals surface area (Å²) in [6, 6.07) is 12.9. The maximum Gasteiger partial charge on any atom is 0.263 e. The van der Waals surface area contributed by atoms with E-state index >= 15 is 0 Å². The maximum atomic E-state index is 13.0. The molecule has 3 aromatic rings. The number of likely N-dealkylation sites (tertiary alicyclic amines) is 1. The first-order valence-electron chi connectivity index (χ1n) is 8.10. The zero-order valence-electron chi connectivity index (χ0n) is 13.4. The van der Waals surface area contributed by atoms with Crippen molar-refractivity contribution in [2.75, 3.05) is 6.54 Å². The molecule has 1 aliphatic heterocycles. The van der Waals surface area contributed by atoms with E-state index in [0.717, 1.165) is 29.5 Å². The van der Waals surface area contributed by atoms with Crippen LogP contribution in [0.4, 0.5) is 0 Å². The zero-order chi connectivity index (χ0) is 16.7. The van der Waals surface area contributed by atoms with Crippen LogP contribution in [0.15, 0.2) is 57.9 Å². The Kier molecular flexibility index (Phi) is 3.49. The summed E-state index contributed by atoms with van der Waals surface area (Å²) in [5, 5.41) is 0.886.